The Balaban J connectivity index is 1.50. The summed E-state index contributed by atoms with van der Waals surface area (Å²) in [6.07, 6.45) is 9.78. The van der Waals surface area contributed by atoms with Gasteiger partial charge in [-0.05, 0) is 54.7 Å². The van der Waals surface area contributed by atoms with Gasteiger partial charge in [0.2, 0.25) is 10.0 Å². The second kappa shape index (κ2) is 10.4. The molecule has 1 heterocycles. The quantitative estimate of drug-likeness (QED) is 0.363. The number of aliphatic carboxylic acids is 1. The lowest BCUT2D eigenvalue weighted by Gasteiger charge is -2.30. The Labute approximate surface area is 230 Å². The van der Waals surface area contributed by atoms with E-state index in [-0.39, 0.29) is 30.0 Å². The first-order valence-corrected chi connectivity index (χ1v) is 14.2. The number of carbonyl (C=O) groups is 2. The molecule has 2 aromatic carbocycles. The van der Waals surface area contributed by atoms with Crippen molar-refractivity contribution in [3.63, 3.8) is 0 Å². The first-order chi connectivity index (χ1) is 18.6. The van der Waals surface area contributed by atoms with Gasteiger partial charge in [-0.3, -0.25) is 9.48 Å². The van der Waals surface area contributed by atoms with Crippen LogP contribution in [0.5, 0.6) is 0 Å². The maximum absolute atomic E-state index is 14.1. The summed E-state index contributed by atoms with van der Waals surface area (Å²) in [6.45, 7) is -0.218. The highest BCUT2D eigenvalue weighted by Gasteiger charge is 2.68. The van der Waals surface area contributed by atoms with Crippen LogP contribution in [0.2, 0.25) is 5.02 Å². The minimum absolute atomic E-state index is 0.0178. The molecule has 2 atom stereocenters. The lowest BCUT2D eigenvalue weighted by atomic mass is 9.97. The summed E-state index contributed by atoms with van der Waals surface area (Å²) in [4.78, 5) is 24.0. The van der Waals surface area contributed by atoms with Crippen LogP contribution >= 0.6 is 11.6 Å². The van der Waals surface area contributed by atoms with Crippen molar-refractivity contribution in [2.75, 3.05) is 6.54 Å². The van der Waals surface area contributed by atoms with E-state index in [1.165, 1.54) is 29.2 Å². The fourth-order valence-electron chi connectivity index (χ4n) is 5.13. The van der Waals surface area contributed by atoms with E-state index in [2.05, 4.69) is 5.10 Å². The van der Waals surface area contributed by atoms with Crippen LogP contribution < -0.4 is 0 Å². The van der Waals surface area contributed by atoms with Crippen LogP contribution in [0.4, 0.5) is 0 Å². The zero-order valence-electron chi connectivity index (χ0n) is 20.8. The number of hydrogen-bond acceptors (Lipinski definition) is 5. The molecule has 2 aliphatic rings. The molecule has 11 heteroatoms. The lowest BCUT2D eigenvalue weighted by molar-refractivity contribution is -0.143. The zero-order valence-corrected chi connectivity index (χ0v) is 22.3. The van der Waals surface area contributed by atoms with E-state index in [0.29, 0.717) is 11.4 Å². The summed E-state index contributed by atoms with van der Waals surface area (Å²) in [6, 6.07) is 13.4. The zero-order chi connectivity index (χ0) is 27.8. The number of sulfonamides is 1. The Morgan fingerprint density at radius 1 is 1.08 bits per heavy atom. The van der Waals surface area contributed by atoms with Gasteiger partial charge in [0.1, 0.15) is 5.54 Å². The van der Waals surface area contributed by atoms with Crippen LogP contribution in [-0.2, 0) is 21.4 Å². The number of halogens is 1. The van der Waals surface area contributed by atoms with Gasteiger partial charge >= 0.3 is 11.9 Å². The van der Waals surface area contributed by atoms with Crippen LogP contribution in [0.15, 0.2) is 89.6 Å². The number of nitrogens with zero attached hydrogens (tertiary/aromatic N) is 3. The number of hydrogen-bond donors (Lipinski definition) is 2. The summed E-state index contributed by atoms with van der Waals surface area (Å²) in [5.41, 5.74) is 0.859. The molecule has 0 amide bonds. The van der Waals surface area contributed by atoms with E-state index in [0.717, 1.165) is 27.4 Å². The molecule has 0 radical (unpaired) electrons. The van der Waals surface area contributed by atoms with Crippen LogP contribution in [-0.4, -0.2) is 56.7 Å². The summed E-state index contributed by atoms with van der Waals surface area (Å²) >= 11 is 5.98. The molecule has 0 bridgehead atoms. The van der Waals surface area contributed by atoms with E-state index >= 15 is 0 Å². The van der Waals surface area contributed by atoms with Crippen LogP contribution in [0.3, 0.4) is 0 Å². The Morgan fingerprint density at radius 3 is 2.31 bits per heavy atom. The topological polar surface area (TPSA) is 130 Å². The largest absolute Gasteiger partial charge is 0.480 e. The predicted octanol–water partition coefficient (Wildman–Crippen LogP) is 4.71. The second-order valence-electron chi connectivity index (χ2n) is 9.60. The molecule has 2 unspecified atom stereocenters. The average Bonchev–Trinajstić information content (AvgIpc) is 3.50. The lowest BCUT2D eigenvalue weighted by Crippen LogP contribution is -2.50. The number of carboxylic acid groups (broad SMARTS) is 2. The van der Waals surface area contributed by atoms with Crippen LogP contribution in [0, 0.1) is 5.92 Å². The first kappa shape index (κ1) is 26.9. The molecule has 0 aliphatic heterocycles. The third kappa shape index (κ3) is 5.15. The van der Waals surface area contributed by atoms with Crippen molar-refractivity contribution in [1.82, 2.24) is 14.1 Å². The van der Waals surface area contributed by atoms with Gasteiger partial charge in [-0.25, -0.2) is 13.2 Å². The van der Waals surface area contributed by atoms with Gasteiger partial charge < -0.3 is 10.2 Å². The molecule has 3 aromatic rings. The molecule has 0 saturated heterocycles. The molecule has 202 valence electrons. The molecule has 2 aliphatic carbocycles. The van der Waals surface area contributed by atoms with Crippen molar-refractivity contribution in [1.29, 1.82) is 0 Å². The number of rotatable bonds is 10. The minimum Gasteiger partial charge on any atom is -0.480 e. The Bertz CT molecular complexity index is 1580. The van der Waals surface area contributed by atoms with Crippen molar-refractivity contribution in [3.8, 4) is 11.1 Å². The van der Waals surface area contributed by atoms with E-state index in [1.807, 2.05) is 30.4 Å². The van der Waals surface area contributed by atoms with Gasteiger partial charge in [-0.1, -0.05) is 59.7 Å². The molecule has 1 aromatic heterocycles. The van der Waals surface area contributed by atoms with Crippen molar-refractivity contribution >= 4 is 33.6 Å². The molecule has 1 saturated carbocycles. The molecule has 2 N–H and O–H groups in total. The van der Waals surface area contributed by atoms with E-state index < -0.39 is 33.4 Å². The summed E-state index contributed by atoms with van der Waals surface area (Å²) in [5.74, 6) is -2.83. The molecular weight excluding hydrogens is 542 g/mol. The maximum Gasteiger partial charge on any atom is 0.338 e. The number of allylic oxidation sites excluding steroid dienone is 3. The highest BCUT2D eigenvalue weighted by Crippen LogP contribution is 2.56. The van der Waals surface area contributed by atoms with Gasteiger partial charge in [-0.2, -0.15) is 9.40 Å². The Kier molecular flexibility index (Phi) is 7.19. The van der Waals surface area contributed by atoms with Gasteiger partial charge in [-0.15, -0.1) is 0 Å². The van der Waals surface area contributed by atoms with E-state index in [9.17, 15) is 28.2 Å². The van der Waals surface area contributed by atoms with Gasteiger partial charge in [0.25, 0.3) is 0 Å². The van der Waals surface area contributed by atoms with Crippen LogP contribution in [0.1, 0.15) is 29.6 Å². The fourth-order valence-corrected chi connectivity index (χ4v) is 7.02. The molecule has 1 fully saturated rings. The first-order valence-electron chi connectivity index (χ1n) is 12.4. The number of aromatic carboxylic acids is 1. The smallest absolute Gasteiger partial charge is 0.338 e. The summed E-state index contributed by atoms with van der Waals surface area (Å²) in [7, 11) is -4.27. The van der Waals surface area contributed by atoms with Crippen molar-refractivity contribution in [3.05, 3.63) is 95.3 Å². The SMILES string of the molecule is O=C(O)c1cnn(CCN(C2(C(=O)O)CC2C2=CC=CCC2)S(=O)(=O)c2ccc(-c3ccc(Cl)cc3)cc2)c1. The van der Waals surface area contributed by atoms with Crippen molar-refractivity contribution in [2.24, 2.45) is 5.92 Å². The molecule has 5 rings (SSSR count). The normalized spacial score (nSPS) is 20.6. The molecular formula is C28H26ClN3O6S. The summed E-state index contributed by atoms with van der Waals surface area (Å²) in [5, 5.41) is 24.2. The van der Waals surface area contributed by atoms with Gasteiger partial charge in [0.05, 0.1) is 23.2 Å². The number of aromatic nitrogens is 2. The minimum atomic E-state index is -4.27. The predicted molar refractivity (Wildman–Crippen MR) is 145 cm³/mol. The second-order valence-corrected chi connectivity index (χ2v) is 11.9. The third-order valence-corrected chi connectivity index (χ3v) is 9.48. The average molecular weight is 568 g/mol. The monoisotopic (exact) mass is 567 g/mol. The van der Waals surface area contributed by atoms with E-state index in [4.69, 9.17) is 11.6 Å². The molecule has 0 spiro atoms. The van der Waals surface area contributed by atoms with Gasteiger partial charge in [0.15, 0.2) is 0 Å². The highest BCUT2D eigenvalue weighted by atomic mass is 35.5. The maximum atomic E-state index is 14.1. The Morgan fingerprint density at radius 2 is 1.74 bits per heavy atom. The Hall–Kier alpha value is -3.73. The highest BCUT2D eigenvalue weighted by molar-refractivity contribution is 7.89. The number of carboxylic acids is 2. The molecule has 9 nitrogen and oxygen atoms in total. The van der Waals surface area contributed by atoms with Gasteiger partial charge in [0, 0.05) is 23.7 Å². The molecule has 39 heavy (non-hydrogen) atoms. The fraction of sp³-hybridized carbons (Fsp3) is 0.250. The standard InChI is InChI=1S/C28H26ClN3O6S/c29-23-10-6-19(7-11-23)20-8-12-24(13-9-20)39(37,38)32(15-14-31-18-22(17-30-31)26(33)34)28(27(35)36)16-25(28)21-4-2-1-3-5-21/h1-2,4,6-13,17-18,25H,3,5,14-16H2,(H,33,34)(H,35,36). The van der Waals surface area contributed by atoms with Crippen LogP contribution in [0.25, 0.3) is 11.1 Å². The van der Waals surface area contributed by atoms with E-state index in [1.54, 1.807) is 24.3 Å². The summed E-state index contributed by atoms with van der Waals surface area (Å²) < 4.78 is 30.5. The third-order valence-electron chi connectivity index (χ3n) is 7.27. The number of benzene rings is 2. The van der Waals surface area contributed by atoms with Crippen molar-refractivity contribution < 1.29 is 28.2 Å². The van der Waals surface area contributed by atoms with Crippen molar-refractivity contribution in [2.45, 2.75) is 36.2 Å².